The van der Waals surface area contributed by atoms with Gasteiger partial charge in [0.05, 0.1) is 18.9 Å². The van der Waals surface area contributed by atoms with Crippen molar-refractivity contribution in [3.8, 4) is 6.07 Å². The van der Waals surface area contributed by atoms with Crippen LogP contribution in [0.3, 0.4) is 0 Å². The number of morpholine rings is 1. The zero-order valence-corrected chi connectivity index (χ0v) is 13.1. The highest BCUT2D eigenvalue weighted by molar-refractivity contribution is 6.30. The molecule has 0 amide bonds. The third kappa shape index (κ3) is 3.19. The van der Waals surface area contributed by atoms with E-state index in [1.165, 1.54) is 11.3 Å². The third-order valence-corrected chi connectivity index (χ3v) is 3.82. The van der Waals surface area contributed by atoms with Crippen molar-refractivity contribution < 1.29 is 4.74 Å². The van der Waals surface area contributed by atoms with Gasteiger partial charge in [0.15, 0.2) is 11.5 Å². The number of nitrogens with two attached hydrogens (primary N) is 1. The average molecular weight is 331 g/mol. The maximum Gasteiger partial charge on any atom is 0.171 e. The minimum Gasteiger partial charge on any atom is -0.378 e. The Morgan fingerprint density at radius 2 is 1.91 bits per heavy atom. The molecule has 0 saturated carbocycles. The quantitative estimate of drug-likeness (QED) is 0.678. The summed E-state index contributed by atoms with van der Waals surface area (Å²) in [6.45, 7) is 2.58. The van der Waals surface area contributed by atoms with Crippen LogP contribution in [0.1, 0.15) is 5.69 Å². The van der Waals surface area contributed by atoms with E-state index in [4.69, 9.17) is 22.2 Å². The van der Waals surface area contributed by atoms with E-state index in [0.717, 1.165) is 0 Å². The Kier molecular flexibility index (Phi) is 4.57. The first-order valence-electron chi connectivity index (χ1n) is 7.09. The van der Waals surface area contributed by atoms with Crippen LogP contribution < -0.4 is 15.8 Å². The molecule has 0 aliphatic carbocycles. The predicted octanol–water partition coefficient (Wildman–Crippen LogP) is 1.85. The van der Waals surface area contributed by atoms with Gasteiger partial charge in [0.1, 0.15) is 18.1 Å². The molecule has 8 heteroatoms. The number of aromatic nitrogens is 2. The fraction of sp³-hybridized carbons (Fsp3) is 0.267. The molecule has 1 saturated heterocycles. The summed E-state index contributed by atoms with van der Waals surface area (Å²) in [5.74, 6) is 6.87. The van der Waals surface area contributed by atoms with Crippen LogP contribution in [0.25, 0.3) is 0 Å². The highest BCUT2D eigenvalue weighted by Crippen LogP contribution is 2.33. The van der Waals surface area contributed by atoms with Crippen molar-refractivity contribution in [1.82, 2.24) is 9.97 Å². The van der Waals surface area contributed by atoms with E-state index in [-0.39, 0.29) is 5.69 Å². The Balaban J connectivity index is 2.05. The number of hydrazine groups is 1. The first-order valence-corrected chi connectivity index (χ1v) is 7.46. The number of nitriles is 1. The molecule has 1 aromatic carbocycles. The predicted molar refractivity (Wildman–Crippen MR) is 87.6 cm³/mol. The molecular formula is C15H15ClN6O. The van der Waals surface area contributed by atoms with E-state index in [1.54, 1.807) is 24.3 Å². The summed E-state index contributed by atoms with van der Waals surface area (Å²) in [4.78, 5) is 10.4. The van der Waals surface area contributed by atoms with E-state index < -0.39 is 0 Å². The van der Waals surface area contributed by atoms with Crippen LogP contribution in [0.5, 0.6) is 0 Å². The van der Waals surface area contributed by atoms with Crippen LogP contribution in [0.15, 0.2) is 30.6 Å². The van der Waals surface area contributed by atoms with Crippen molar-refractivity contribution in [2.24, 2.45) is 5.84 Å². The van der Waals surface area contributed by atoms with Gasteiger partial charge >= 0.3 is 0 Å². The fourth-order valence-electron chi connectivity index (χ4n) is 2.41. The normalized spacial score (nSPS) is 14.4. The van der Waals surface area contributed by atoms with Gasteiger partial charge < -0.3 is 9.64 Å². The molecule has 2 aromatic rings. The molecular weight excluding hydrogens is 316 g/mol. The van der Waals surface area contributed by atoms with Crippen LogP contribution in [0, 0.1) is 11.3 Å². The Labute approximate surface area is 138 Å². The average Bonchev–Trinajstić information content (AvgIpc) is 2.62. The molecule has 118 valence electrons. The number of benzene rings is 1. The number of anilines is 3. The molecule has 2 N–H and O–H groups in total. The molecule has 0 bridgehead atoms. The second kappa shape index (κ2) is 6.79. The number of nitrogens with zero attached hydrogens (tertiary/aromatic N) is 5. The van der Waals surface area contributed by atoms with E-state index in [9.17, 15) is 5.26 Å². The molecule has 0 radical (unpaired) electrons. The highest BCUT2D eigenvalue weighted by Gasteiger charge is 2.23. The number of ether oxygens (including phenoxy) is 1. The van der Waals surface area contributed by atoms with Gasteiger partial charge in [0.25, 0.3) is 0 Å². The second-order valence-corrected chi connectivity index (χ2v) is 5.39. The molecule has 0 unspecified atom stereocenters. The van der Waals surface area contributed by atoms with Gasteiger partial charge in [-0.1, -0.05) is 11.6 Å². The number of halogens is 1. The summed E-state index contributed by atoms with van der Waals surface area (Å²) < 4.78 is 5.37. The van der Waals surface area contributed by atoms with Gasteiger partial charge in [-0.25, -0.2) is 15.8 Å². The summed E-state index contributed by atoms with van der Waals surface area (Å²) in [5, 5.41) is 11.4. The van der Waals surface area contributed by atoms with E-state index in [0.29, 0.717) is 48.5 Å². The van der Waals surface area contributed by atoms with Gasteiger partial charge in [-0.05, 0) is 24.3 Å². The maximum absolute atomic E-state index is 9.39. The minimum absolute atomic E-state index is 0.221. The maximum atomic E-state index is 9.39. The van der Waals surface area contributed by atoms with Gasteiger partial charge in [-0.2, -0.15) is 5.26 Å². The Hall–Kier alpha value is -2.40. The molecule has 1 fully saturated rings. The van der Waals surface area contributed by atoms with E-state index in [2.05, 4.69) is 16.0 Å². The van der Waals surface area contributed by atoms with Crippen molar-refractivity contribution in [2.75, 3.05) is 36.2 Å². The molecule has 0 spiro atoms. The molecule has 7 nitrogen and oxygen atoms in total. The van der Waals surface area contributed by atoms with Crippen molar-refractivity contribution >= 4 is 28.8 Å². The lowest BCUT2D eigenvalue weighted by Crippen LogP contribution is -2.39. The lowest BCUT2D eigenvalue weighted by molar-refractivity contribution is 0.122. The summed E-state index contributed by atoms with van der Waals surface area (Å²) in [6.07, 6.45) is 1.38. The van der Waals surface area contributed by atoms with Gasteiger partial charge in [-0.15, -0.1) is 0 Å². The topological polar surface area (TPSA) is 91.3 Å². The third-order valence-electron chi connectivity index (χ3n) is 3.57. The van der Waals surface area contributed by atoms with Crippen LogP contribution in [0.2, 0.25) is 5.02 Å². The van der Waals surface area contributed by atoms with E-state index in [1.807, 2.05) is 4.90 Å². The summed E-state index contributed by atoms with van der Waals surface area (Å²) >= 11 is 5.92. The van der Waals surface area contributed by atoms with Crippen molar-refractivity contribution in [3.05, 3.63) is 41.3 Å². The minimum atomic E-state index is 0.221. The van der Waals surface area contributed by atoms with Crippen LogP contribution in [0.4, 0.5) is 17.2 Å². The van der Waals surface area contributed by atoms with Crippen LogP contribution in [-0.2, 0) is 4.74 Å². The lowest BCUT2D eigenvalue weighted by Gasteiger charge is -2.31. The van der Waals surface area contributed by atoms with Gasteiger partial charge in [-0.3, -0.25) is 5.01 Å². The first-order chi connectivity index (χ1) is 11.2. The lowest BCUT2D eigenvalue weighted by atomic mass is 10.2. The number of rotatable bonds is 3. The molecule has 1 aromatic heterocycles. The highest BCUT2D eigenvalue weighted by atomic mass is 35.5. The zero-order valence-electron chi connectivity index (χ0n) is 12.3. The standard InChI is InChI=1S/C15H15ClN6O/c16-11-1-3-12(4-2-11)22(18)14-13(9-17)19-10-20-15(14)21-5-7-23-8-6-21/h1-4,10H,5-8,18H2. The fourth-order valence-corrected chi connectivity index (χ4v) is 2.54. The number of hydrogen-bond donors (Lipinski definition) is 1. The first kappa shape index (κ1) is 15.5. The van der Waals surface area contributed by atoms with Crippen molar-refractivity contribution in [2.45, 2.75) is 0 Å². The van der Waals surface area contributed by atoms with Crippen molar-refractivity contribution in [3.63, 3.8) is 0 Å². The largest absolute Gasteiger partial charge is 0.378 e. The summed E-state index contributed by atoms with van der Waals surface area (Å²) in [7, 11) is 0. The second-order valence-electron chi connectivity index (χ2n) is 4.95. The Morgan fingerprint density at radius 3 is 2.57 bits per heavy atom. The van der Waals surface area contributed by atoms with Crippen LogP contribution in [-0.4, -0.2) is 36.3 Å². The molecule has 23 heavy (non-hydrogen) atoms. The molecule has 3 rings (SSSR count). The van der Waals surface area contributed by atoms with Gasteiger partial charge in [0, 0.05) is 18.1 Å². The zero-order chi connectivity index (χ0) is 16.2. The van der Waals surface area contributed by atoms with E-state index >= 15 is 0 Å². The van der Waals surface area contributed by atoms with Crippen LogP contribution >= 0.6 is 11.6 Å². The van der Waals surface area contributed by atoms with Gasteiger partial charge in [0.2, 0.25) is 0 Å². The van der Waals surface area contributed by atoms with Crippen molar-refractivity contribution in [1.29, 1.82) is 5.26 Å². The summed E-state index contributed by atoms with van der Waals surface area (Å²) in [6, 6.07) is 9.11. The molecule has 1 aliphatic rings. The molecule has 1 aliphatic heterocycles. The Bertz CT molecular complexity index is 724. The summed E-state index contributed by atoms with van der Waals surface area (Å²) in [5.41, 5.74) is 1.38. The SMILES string of the molecule is N#Cc1ncnc(N2CCOCC2)c1N(N)c1ccc(Cl)cc1. The Morgan fingerprint density at radius 1 is 1.22 bits per heavy atom. The monoisotopic (exact) mass is 330 g/mol. The molecule has 0 atom stereocenters. The number of hydrogen-bond acceptors (Lipinski definition) is 7. The smallest absolute Gasteiger partial charge is 0.171 e. The molecule has 2 heterocycles.